The van der Waals surface area contributed by atoms with E-state index in [4.69, 9.17) is 5.11 Å². The van der Waals surface area contributed by atoms with E-state index in [1.165, 1.54) is 38.5 Å². The number of carboxylic acid groups (broad SMARTS) is 1. The summed E-state index contributed by atoms with van der Waals surface area (Å²) < 4.78 is 9.28. The van der Waals surface area contributed by atoms with E-state index in [-0.39, 0.29) is 11.5 Å². The van der Waals surface area contributed by atoms with Gasteiger partial charge in [0.1, 0.15) is 0 Å². The number of hydrogen-bond acceptors (Lipinski definition) is 6. The van der Waals surface area contributed by atoms with Crippen LogP contribution in [0.15, 0.2) is 73.1 Å². The Labute approximate surface area is 168 Å². The van der Waals surface area contributed by atoms with Crippen molar-refractivity contribution in [2.75, 3.05) is 14.2 Å². The molecule has 1 aromatic heterocycles. The lowest BCUT2D eigenvalue weighted by molar-refractivity contribution is 0.0600. The Hall–Kier alpha value is -3.49. The van der Waals surface area contributed by atoms with Crippen molar-refractivity contribution in [1.29, 1.82) is 0 Å². The molecule has 0 unspecified atom stereocenters. The van der Waals surface area contributed by atoms with Crippen LogP contribution in [0, 0.1) is 0 Å². The lowest BCUT2D eigenvalue weighted by atomic mass is 9.79. The smallest absolute Gasteiger partial charge is 0.478 e. The highest BCUT2D eigenvalue weighted by Gasteiger charge is 2.14. The Morgan fingerprint density at radius 2 is 1.34 bits per heavy atom. The van der Waals surface area contributed by atoms with Crippen molar-refractivity contribution >= 4 is 24.5 Å². The maximum Gasteiger partial charge on any atom is 0.490 e. The Bertz CT molecular complexity index is 930. The van der Waals surface area contributed by atoms with Crippen molar-refractivity contribution in [3.63, 3.8) is 0 Å². The predicted molar refractivity (Wildman–Crippen MR) is 109 cm³/mol. The maximum atomic E-state index is 11.2. The Kier molecular flexibility index (Phi) is 8.08. The van der Waals surface area contributed by atoms with E-state index in [2.05, 4.69) is 14.4 Å². The summed E-state index contributed by atoms with van der Waals surface area (Å²) in [5, 5.41) is 17.8. The summed E-state index contributed by atoms with van der Waals surface area (Å²) in [6.07, 6.45) is 3.48. The highest BCUT2D eigenvalue weighted by molar-refractivity contribution is 6.59. The molecule has 0 atom stereocenters. The standard InChI is InChI=1S/C13H11NO2.C8H9BO4/c1-16-13(15)12-4-2-10(3-5-12)11-6-8-14-9-7-11;1-13-9(12)7-4-2-6(3-5-7)8(10)11/h2-9H,1H3;2-5,12H,1H3,(H,10,11). The number of carbonyl (C=O) groups excluding carboxylic acids is 1. The van der Waals surface area contributed by atoms with Gasteiger partial charge in [0.25, 0.3) is 0 Å². The van der Waals surface area contributed by atoms with E-state index < -0.39 is 13.1 Å². The fourth-order valence-electron chi connectivity index (χ4n) is 2.39. The zero-order chi connectivity index (χ0) is 21.2. The first kappa shape index (κ1) is 21.8. The second-order valence-electron chi connectivity index (χ2n) is 5.82. The first-order valence-corrected chi connectivity index (χ1v) is 8.59. The molecule has 2 aromatic carbocycles. The van der Waals surface area contributed by atoms with Gasteiger partial charge in [-0.1, -0.05) is 24.3 Å². The first-order valence-electron chi connectivity index (χ1n) is 8.59. The monoisotopic (exact) mass is 393 g/mol. The van der Waals surface area contributed by atoms with E-state index in [1.807, 2.05) is 24.3 Å². The normalized spacial score (nSPS) is 9.76. The van der Waals surface area contributed by atoms with Crippen LogP contribution in [-0.2, 0) is 9.39 Å². The van der Waals surface area contributed by atoms with Crippen molar-refractivity contribution < 1.29 is 29.1 Å². The van der Waals surface area contributed by atoms with Gasteiger partial charge in [-0.25, -0.2) is 9.59 Å². The fourth-order valence-corrected chi connectivity index (χ4v) is 2.39. The van der Waals surface area contributed by atoms with Gasteiger partial charge in [0, 0.05) is 19.5 Å². The lowest BCUT2D eigenvalue weighted by Crippen LogP contribution is -2.32. The predicted octanol–water partition coefficient (Wildman–Crippen LogP) is 2.25. The van der Waals surface area contributed by atoms with E-state index in [0.29, 0.717) is 11.0 Å². The van der Waals surface area contributed by atoms with E-state index in [1.54, 1.807) is 24.5 Å². The van der Waals surface area contributed by atoms with Gasteiger partial charge in [-0.2, -0.15) is 0 Å². The van der Waals surface area contributed by atoms with Crippen LogP contribution < -0.4 is 5.46 Å². The molecule has 148 valence electrons. The number of esters is 1. The zero-order valence-corrected chi connectivity index (χ0v) is 16.0. The highest BCUT2D eigenvalue weighted by Crippen LogP contribution is 2.18. The number of pyridine rings is 1. The van der Waals surface area contributed by atoms with Gasteiger partial charge in [0.2, 0.25) is 0 Å². The minimum atomic E-state index is -0.997. The summed E-state index contributed by atoms with van der Waals surface area (Å²) >= 11 is 0. The second kappa shape index (κ2) is 10.7. The zero-order valence-electron chi connectivity index (χ0n) is 16.0. The number of carboxylic acids is 1. The number of ether oxygens (including phenoxy) is 1. The van der Waals surface area contributed by atoms with Crippen LogP contribution in [0.1, 0.15) is 20.7 Å². The molecule has 0 radical (unpaired) electrons. The van der Waals surface area contributed by atoms with Crippen molar-refractivity contribution in [2.45, 2.75) is 0 Å². The molecular weight excluding hydrogens is 373 g/mol. The van der Waals surface area contributed by atoms with Crippen LogP contribution in [-0.4, -0.2) is 48.4 Å². The topological polar surface area (TPSA) is 106 Å². The largest absolute Gasteiger partial charge is 0.490 e. The molecule has 8 heteroatoms. The van der Waals surface area contributed by atoms with Crippen molar-refractivity contribution in [3.05, 3.63) is 84.2 Å². The van der Waals surface area contributed by atoms with Crippen LogP contribution in [0.25, 0.3) is 11.1 Å². The molecule has 0 aliphatic carbocycles. The summed E-state index contributed by atoms with van der Waals surface area (Å²) in [5.41, 5.74) is 3.40. The van der Waals surface area contributed by atoms with Gasteiger partial charge in [-0.3, -0.25) is 4.98 Å². The Morgan fingerprint density at radius 3 is 1.83 bits per heavy atom. The lowest BCUT2D eigenvalue weighted by Gasteiger charge is -2.03. The minimum Gasteiger partial charge on any atom is -0.478 e. The molecule has 0 bridgehead atoms. The summed E-state index contributed by atoms with van der Waals surface area (Å²) in [6, 6.07) is 17.0. The molecule has 0 aliphatic heterocycles. The molecular formula is C21H20BNO6. The fraction of sp³-hybridized carbons (Fsp3) is 0.0952. The van der Waals surface area contributed by atoms with E-state index in [0.717, 1.165) is 11.1 Å². The second-order valence-corrected chi connectivity index (χ2v) is 5.82. The number of benzene rings is 2. The summed E-state index contributed by atoms with van der Waals surface area (Å²) in [6.45, 7) is 0. The molecule has 0 spiro atoms. The number of nitrogens with zero attached hydrogens (tertiary/aromatic N) is 1. The molecule has 0 aliphatic rings. The number of methoxy groups -OCH3 is 1. The molecule has 1 heterocycles. The quantitative estimate of drug-likeness (QED) is 0.506. The molecule has 0 saturated heterocycles. The molecule has 3 aromatic rings. The van der Waals surface area contributed by atoms with Crippen LogP contribution in [0.4, 0.5) is 0 Å². The van der Waals surface area contributed by atoms with Crippen molar-refractivity contribution in [3.8, 4) is 11.1 Å². The average molecular weight is 393 g/mol. The van der Waals surface area contributed by atoms with Gasteiger partial charge in [-0.05, 0) is 53.0 Å². The van der Waals surface area contributed by atoms with Gasteiger partial charge in [0.15, 0.2) is 0 Å². The van der Waals surface area contributed by atoms with Crippen LogP contribution in [0.3, 0.4) is 0 Å². The molecule has 0 amide bonds. The third-order valence-corrected chi connectivity index (χ3v) is 3.99. The van der Waals surface area contributed by atoms with Gasteiger partial charge in [-0.15, -0.1) is 0 Å². The summed E-state index contributed by atoms with van der Waals surface area (Å²) in [5.74, 6) is -1.31. The Morgan fingerprint density at radius 1 is 0.828 bits per heavy atom. The van der Waals surface area contributed by atoms with E-state index >= 15 is 0 Å². The number of hydrogen-bond donors (Lipinski definition) is 2. The third kappa shape index (κ3) is 6.27. The molecule has 3 rings (SSSR count). The number of carbonyl (C=O) groups is 2. The van der Waals surface area contributed by atoms with Crippen LogP contribution in [0.2, 0.25) is 0 Å². The van der Waals surface area contributed by atoms with Gasteiger partial charge in [0.05, 0.1) is 18.2 Å². The van der Waals surface area contributed by atoms with Crippen LogP contribution >= 0.6 is 0 Å². The number of aromatic carboxylic acids is 1. The highest BCUT2D eigenvalue weighted by atomic mass is 16.5. The maximum absolute atomic E-state index is 11.2. The third-order valence-electron chi connectivity index (χ3n) is 3.99. The summed E-state index contributed by atoms with van der Waals surface area (Å²) in [4.78, 5) is 25.6. The van der Waals surface area contributed by atoms with Gasteiger partial charge < -0.3 is 19.5 Å². The Balaban J connectivity index is 0.000000212. The first-order chi connectivity index (χ1) is 14.0. The minimum absolute atomic E-state index is 0.187. The number of rotatable bonds is 5. The number of aromatic nitrogens is 1. The average Bonchev–Trinajstić information content (AvgIpc) is 2.79. The molecule has 7 nitrogen and oxygen atoms in total. The molecule has 0 saturated carbocycles. The summed E-state index contributed by atoms with van der Waals surface area (Å²) in [7, 11) is 1.75. The van der Waals surface area contributed by atoms with Crippen molar-refractivity contribution in [2.24, 2.45) is 0 Å². The molecule has 2 N–H and O–H groups in total. The van der Waals surface area contributed by atoms with Gasteiger partial charge >= 0.3 is 19.1 Å². The van der Waals surface area contributed by atoms with E-state index in [9.17, 15) is 14.6 Å². The van der Waals surface area contributed by atoms with Crippen LogP contribution in [0.5, 0.6) is 0 Å². The SMILES string of the molecule is COB(O)c1ccc(C(=O)O)cc1.COC(=O)c1ccc(-c2ccncc2)cc1. The van der Waals surface area contributed by atoms with Crippen molar-refractivity contribution in [1.82, 2.24) is 4.98 Å². The molecule has 0 fully saturated rings. The molecule has 29 heavy (non-hydrogen) atoms.